The summed E-state index contributed by atoms with van der Waals surface area (Å²) in [5.41, 5.74) is 5.83. The zero-order chi connectivity index (χ0) is 12.8. The van der Waals surface area contributed by atoms with E-state index >= 15 is 0 Å². The molecule has 1 amide bonds. The van der Waals surface area contributed by atoms with Gasteiger partial charge in [-0.3, -0.25) is 4.79 Å². The number of nitrogens with one attached hydrogen (secondary N) is 1. The minimum absolute atomic E-state index is 0.0444. The Labute approximate surface area is 107 Å². The number of nitrogens with two attached hydrogens (primary N) is 1. The average Bonchev–Trinajstić information content (AvgIpc) is 2.72. The molecule has 1 rings (SSSR count). The normalized spacial score (nSPS) is 14.4. The highest BCUT2D eigenvalue weighted by Crippen LogP contribution is 2.22. The van der Waals surface area contributed by atoms with Crippen LogP contribution in [0.15, 0.2) is 12.1 Å². The molecule has 0 radical (unpaired) electrons. The number of amides is 1. The molecule has 4 heteroatoms. The number of carbonyl (C=O) groups is 1. The van der Waals surface area contributed by atoms with Crippen molar-refractivity contribution in [2.45, 2.75) is 52.1 Å². The molecule has 0 bridgehead atoms. The monoisotopic (exact) mass is 254 g/mol. The van der Waals surface area contributed by atoms with Crippen molar-refractivity contribution < 1.29 is 4.79 Å². The van der Waals surface area contributed by atoms with Crippen LogP contribution in [0.25, 0.3) is 0 Å². The fourth-order valence-electron chi connectivity index (χ4n) is 1.63. The summed E-state index contributed by atoms with van der Waals surface area (Å²) in [6.07, 6.45) is 2.83. The number of hydrogen-bond acceptors (Lipinski definition) is 3. The zero-order valence-electron chi connectivity index (χ0n) is 10.8. The van der Waals surface area contributed by atoms with Gasteiger partial charge in [0.25, 0.3) is 0 Å². The van der Waals surface area contributed by atoms with Crippen molar-refractivity contribution in [2.24, 2.45) is 5.73 Å². The van der Waals surface area contributed by atoms with Gasteiger partial charge in [0.05, 0.1) is 12.1 Å². The number of rotatable bonds is 6. The Balaban J connectivity index is 2.45. The molecule has 96 valence electrons. The summed E-state index contributed by atoms with van der Waals surface area (Å²) in [6.45, 7) is 6.16. The molecular formula is C13H22N2OS. The van der Waals surface area contributed by atoms with Crippen LogP contribution in [0.2, 0.25) is 0 Å². The van der Waals surface area contributed by atoms with Crippen LogP contribution in [0.3, 0.4) is 0 Å². The SMILES string of the molecule is CCCCC(N)C(=O)NC(C)c1ccc(C)s1. The number of aryl methyl sites for hydroxylation is 1. The molecule has 0 aliphatic heterocycles. The summed E-state index contributed by atoms with van der Waals surface area (Å²) in [4.78, 5) is 14.2. The summed E-state index contributed by atoms with van der Waals surface area (Å²) in [5, 5.41) is 2.96. The third-order valence-corrected chi connectivity index (χ3v) is 3.94. The molecule has 0 aliphatic rings. The highest BCUT2D eigenvalue weighted by Gasteiger charge is 2.16. The first-order valence-corrected chi connectivity index (χ1v) is 6.98. The van der Waals surface area contributed by atoms with E-state index in [0.717, 1.165) is 19.3 Å². The third-order valence-electron chi connectivity index (χ3n) is 2.75. The minimum Gasteiger partial charge on any atom is -0.347 e. The van der Waals surface area contributed by atoms with Crippen molar-refractivity contribution in [3.8, 4) is 0 Å². The van der Waals surface area contributed by atoms with Crippen LogP contribution in [0, 0.1) is 6.92 Å². The molecule has 0 aliphatic carbocycles. The summed E-state index contributed by atoms with van der Waals surface area (Å²) >= 11 is 1.71. The summed E-state index contributed by atoms with van der Waals surface area (Å²) in [5.74, 6) is -0.0444. The molecule has 0 saturated heterocycles. The summed E-state index contributed by atoms with van der Waals surface area (Å²) in [6, 6.07) is 3.80. The zero-order valence-corrected chi connectivity index (χ0v) is 11.6. The van der Waals surface area contributed by atoms with E-state index in [0.29, 0.717) is 0 Å². The lowest BCUT2D eigenvalue weighted by molar-refractivity contribution is -0.123. The van der Waals surface area contributed by atoms with Crippen molar-refractivity contribution >= 4 is 17.2 Å². The second-order valence-corrected chi connectivity index (χ2v) is 5.75. The number of unbranched alkanes of at least 4 members (excludes halogenated alkanes) is 1. The van der Waals surface area contributed by atoms with Gasteiger partial charge in [-0.15, -0.1) is 11.3 Å². The Bertz CT molecular complexity index is 362. The first-order chi connectivity index (χ1) is 8.04. The van der Waals surface area contributed by atoms with E-state index in [2.05, 4.69) is 31.3 Å². The first kappa shape index (κ1) is 14.2. The number of hydrogen-bond donors (Lipinski definition) is 2. The Morgan fingerprint density at radius 2 is 2.24 bits per heavy atom. The van der Waals surface area contributed by atoms with Crippen LogP contribution in [0.1, 0.15) is 48.9 Å². The molecule has 3 N–H and O–H groups in total. The molecule has 3 nitrogen and oxygen atoms in total. The molecule has 0 spiro atoms. The molecule has 2 atom stereocenters. The van der Waals surface area contributed by atoms with Crippen LogP contribution in [0.4, 0.5) is 0 Å². The standard InChI is InChI=1S/C13H22N2OS/c1-4-5-6-11(14)13(16)15-10(3)12-8-7-9(2)17-12/h7-8,10-11H,4-6,14H2,1-3H3,(H,15,16). The van der Waals surface area contributed by atoms with Crippen molar-refractivity contribution in [2.75, 3.05) is 0 Å². The molecule has 0 aromatic carbocycles. The van der Waals surface area contributed by atoms with Gasteiger partial charge in [-0.1, -0.05) is 19.8 Å². The highest BCUT2D eigenvalue weighted by atomic mass is 32.1. The maximum Gasteiger partial charge on any atom is 0.237 e. The third kappa shape index (κ3) is 4.48. The molecule has 1 aromatic rings. The number of thiophene rings is 1. The van der Waals surface area contributed by atoms with E-state index < -0.39 is 0 Å². The maximum atomic E-state index is 11.8. The van der Waals surface area contributed by atoms with E-state index in [4.69, 9.17) is 5.73 Å². The lowest BCUT2D eigenvalue weighted by atomic mass is 10.1. The van der Waals surface area contributed by atoms with E-state index in [1.807, 2.05) is 6.92 Å². The second kappa shape index (κ2) is 6.77. The Kier molecular flexibility index (Phi) is 5.65. The highest BCUT2D eigenvalue weighted by molar-refractivity contribution is 7.12. The fourth-order valence-corrected chi connectivity index (χ4v) is 2.51. The average molecular weight is 254 g/mol. The predicted molar refractivity (Wildman–Crippen MR) is 73.1 cm³/mol. The molecule has 1 aromatic heterocycles. The quantitative estimate of drug-likeness (QED) is 0.820. The van der Waals surface area contributed by atoms with E-state index in [-0.39, 0.29) is 18.0 Å². The van der Waals surface area contributed by atoms with Crippen LogP contribution in [0.5, 0.6) is 0 Å². The Morgan fingerprint density at radius 3 is 2.76 bits per heavy atom. The largest absolute Gasteiger partial charge is 0.347 e. The van der Waals surface area contributed by atoms with E-state index in [9.17, 15) is 4.79 Å². The van der Waals surface area contributed by atoms with Crippen LogP contribution in [-0.2, 0) is 4.79 Å². The van der Waals surface area contributed by atoms with Crippen molar-refractivity contribution in [1.82, 2.24) is 5.32 Å². The molecule has 0 fully saturated rings. The Morgan fingerprint density at radius 1 is 1.53 bits per heavy atom. The fraction of sp³-hybridized carbons (Fsp3) is 0.615. The number of carbonyl (C=O) groups excluding carboxylic acids is 1. The second-order valence-electron chi connectivity index (χ2n) is 4.43. The smallest absolute Gasteiger partial charge is 0.237 e. The summed E-state index contributed by atoms with van der Waals surface area (Å²) < 4.78 is 0. The summed E-state index contributed by atoms with van der Waals surface area (Å²) in [7, 11) is 0. The molecule has 17 heavy (non-hydrogen) atoms. The van der Waals surface area contributed by atoms with Gasteiger partial charge in [0.1, 0.15) is 0 Å². The van der Waals surface area contributed by atoms with Gasteiger partial charge in [-0.05, 0) is 32.4 Å². The van der Waals surface area contributed by atoms with Crippen LogP contribution < -0.4 is 11.1 Å². The van der Waals surface area contributed by atoms with Gasteiger partial charge in [-0.25, -0.2) is 0 Å². The topological polar surface area (TPSA) is 55.1 Å². The van der Waals surface area contributed by atoms with Gasteiger partial charge in [0, 0.05) is 9.75 Å². The molecule has 0 saturated carbocycles. The van der Waals surface area contributed by atoms with Gasteiger partial charge < -0.3 is 11.1 Å². The maximum absolute atomic E-state index is 11.8. The molecular weight excluding hydrogens is 232 g/mol. The van der Waals surface area contributed by atoms with Gasteiger partial charge in [-0.2, -0.15) is 0 Å². The van der Waals surface area contributed by atoms with E-state index in [1.165, 1.54) is 9.75 Å². The first-order valence-electron chi connectivity index (χ1n) is 6.17. The lowest BCUT2D eigenvalue weighted by Crippen LogP contribution is -2.41. The van der Waals surface area contributed by atoms with Crippen molar-refractivity contribution in [3.05, 3.63) is 21.9 Å². The minimum atomic E-state index is -0.376. The van der Waals surface area contributed by atoms with Crippen LogP contribution >= 0.6 is 11.3 Å². The van der Waals surface area contributed by atoms with Gasteiger partial charge in [0.15, 0.2) is 0 Å². The molecule has 2 unspecified atom stereocenters. The van der Waals surface area contributed by atoms with Gasteiger partial charge >= 0.3 is 0 Å². The Hall–Kier alpha value is -0.870. The van der Waals surface area contributed by atoms with Gasteiger partial charge in [0.2, 0.25) is 5.91 Å². The van der Waals surface area contributed by atoms with Crippen molar-refractivity contribution in [3.63, 3.8) is 0 Å². The van der Waals surface area contributed by atoms with Crippen LogP contribution in [-0.4, -0.2) is 11.9 Å². The predicted octanol–water partition coefficient (Wildman–Crippen LogP) is 2.75. The lowest BCUT2D eigenvalue weighted by Gasteiger charge is -2.16. The van der Waals surface area contributed by atoms with E-state index in [1.54, 1.807) is 11.3 Å². The van der Waals surface area contributed by atoms with Crippen molar-refractivity contribution in [1.29, 1.82) is 0 Å². The molecule has 1 heterocycles.